The Hall–Kier alpha value is -2.74. The van der Waals surface area contributed by atoms with Crippen molar-refractivity contribution in [1.82, 2.24) is 4.98 Å². The molecule has 5 heteroatoms. The Morgan fingerprint density at radius 1 is 1.33 bits per heavy atom. The maximum atomic E-state index is 13.5. The summed E-state index contributed by atoms with van der Waals surface area (Å²) < 4.78 is 18.8. The van der Waals surface area contributed by atoms with Crippen LogP contribution in [-0.4, -0.2) is 11.3 Å². The van der Waals surface area contributed by atoms with Gasteiger partial charge in [-0.2, -0.15) is 5.26 Å². The maximum Gasteiger partial charge on any atom is 0.166 e. The van der Waals surface area contributed by atoms with Crippen LogP contribution in [0, 0.1) is 17.1 Å². The summed E-state index contributed by atoms with van der Waals surface area (Å²) in [7, 11) is 0. The van der Waals surface area contributed by atoms with E-state index in [1.165, 1.54) is 30.6 Å². The lowest BCUT2D eigenvalue weighted by Gasteiger charge is -2.06. The fourth-order valence-corrected chi connectivity index (χ4v) is 1.34. The summed E-state index contributed by atoms with van der Waals surface area (Å²) in [6.45, 7) is 0. The van der Waals surface area contributed by atoms with Crippen LogP contribution >= 0.6 is 0 Å². The van der Waals surface area contributed by atoms with Gasteiger partial charge < -0.3 is 4.74 Å². The zero-order chi connectivity index (χ0) is 13.0. The highest BCUT2D eigenvalue weighted by atomic mass is 19.1. The molecule has 0 N–H and O–H groups in total. The molecule has 1 aromatic carbocycles. The molecule has 18 heavy (non-hydrogen) atoms. The highest BCUT2D eigenvalue weighted by molar-refractivity contribution is 5.75. The number of hydrogen-bond acceptors (Lipinski definition) is 4. The van der Waals surface area contributed by atoms with Crippen LogP contribution in [0.15, 0.2) is 36.7 Å². The smallest absolute Gasteiger partial charge is 0.166 e. The van der Waals surface area contributed by atoms with Gasteiger partial charge in [0.25, 0.3) is 0 Å². The summed E-state index contributed by atoms with van der Waals surface area (Å²) in [6, 6.07) is 7.20. The van der Waals surface area contributed by atoms with E-state index in [2.05, 4.69) is 4.98 Å². The lowest BCUT2D eigenvalue weighted by atomic mass is 10.2. The fraction of sp³-hybridized carbons (Fsp3) is 0. The summed E-state index contributed by atoms with van der Waals surface area (Å²) in [4.78, 5) is 14.2. The summed E-state index contributed by atoms with van der Waals surface area (Å²) in [6.07, 6.45) is 3.29. The number of aromatic nitrogens is 1. The van der Waals surface area contributed by atoms with Gasteiger partial charge in [-0.3, -0.25) is 9.78 Å². The number of carbonyl (C=O) groups excluding carboxylic acids is 1. The molecule has 0 saturated carbocycles. The monoisotopic (exact) mass is 242 g/mol. The Kier molecular flexibility index (Phi) is 3.30. The first-order valence-corrected chi connectivity index (χ1v) is 5.00. The Labute approximate surface area is 102 Å². The van der Waals surface area contributed by atoms with E-state index < -0.39 is 5.82 Å². The van der Waals surface area contributed by atoms with Crippen molar-refractivity contribution in [2.24, 2.45) is 0 Å². The Bertz CT molecular complexity index is 635. The van der Waals surface area contributed by atoms with Crippen molar-refractivity contribution in [3.63, 3.8) is 0 Å². The Morgan fingerprint density at radius 2 is 2.17 bits per heavy atom. The Morgan fingerprint density at radius 3 is 2.83 bits per heavy atom. The van der Waals surface area contributed by atoms with Gasteiger partial charge in [-0.1, -0.05) is 0 Å². The third-order valence-corrected chi connectivity index (χ3v) is 2.16. The van der Waals surface area contributed by atoms with Gasteiger partial charge in [0.1, 0.15) is 18.1 Å². The van der Waals surface area contributed by atoms with E-state index in [9.17, 15) is 9.18 Å². The maximum absolute atomic E-state index is 13.5. The fourth-order valence-electron chi connectivity index (χ4n) is 1.34. The lowest BCUT2D eigenvalue weighted by molar-refractivity contribution is 0.112. The zero-order valence-corrected chi connectivity index (χ0v) is 9.13. The number of ether oxygens (including phenoxy) is 1. The second-order valence-corrected chi connectivity index (χ2v) is 3.43. The molecule has 88 valence electrons. The number of nitrogens with zero attached hydrogens (tertiary/aromatic N) is 2. The van der Waals surface area contributed by atoms with E-state index in [0.717, 1.165) is 6.07 Å². The second-order valence-electron chi connectivity index (χ2n) is 3.43. The molecule has 1 aromatic heterocycles. The molecule has 0 bridgehead atoms. The molecule has 0 aliphatic heterocycles. The SMILES string of the molecule is N#Cc1cncc(Oc2ccc(C=O)cc2F)c1. The molecular weight excluding hydrogens is 235 g/mol. The average molecular weight is 242 g/mol. The van der Waals surface area contributed by atoms with Gasteiger partial charge in [0, 0.05) is 17.8 Å². The van der Waals surface area contributed by atoms with Gasteiger partial charge in [0.05, 0.1) is 11.8 Å². The van der Waals surface area contributed by atoms with E-state index in [0.29, 0.717) is 11.8 Å². The molecule has 1 heterocycles. The highest BCUT2D eigenvalue weighted by Crippen LogP contribution is 2.24. The van der Waals surface area contributed by atoms with Gasteiger partial charge in [-0.05, 0) is 18.2 Å². The number of carbonyl (C=O) groups is 1. The predicted molar refractivity (Wildman–Crippen MR) is 60.8 cm³/mol. The molecule has 0 fully saturated rings. The van der Waals surface area contributed by atoms with Crippen molar-refractivity contribution in [2.75, 3.05) is 0 Å². The zero-order valence-electron chi connectivity index (χ0n) is 9.13. The molecule has 0 atom stereocenters. The molecule has 0 spiro atoms. The standard InChI is InChI=1S/C13H7FN2O2/c14-12-4-9(8-17)1-2-13(12)18-11-3-10(5-15)6-16-7-11/h1-4,6-8H. The van der Waals surface area contributed by atoms with E-state index in [4.69, 9.17) is 10.00 Å². The molecular formula is C13H7FN2O2. The average Bonchev–Trinajstić information content (AvgIpc) is 2.41. The number of aldehydes is 1. The van der Waals surface area contributed by atoms with Gasteiger partial charge >= 0.3 is 0 Å². The van der Waals surface area contributed by atoms with Gasteiger partial charge in [-0.25, -0.2) is 4.39 Å². The molecule has 2 rings (SSSR count). The molecule has 2 aromatic rings. The Balaban J connectivity index is 2.28. The first kappa shape index (κ1) is 11.7. The third-order valence-electron chi connectivity index (χ3n) is 2.16. The quantitative estimate of drug-likeness (QED) is 0.776. The molecule has 0 unspecified atom stereocenters. The van der Waals surface area contributed by atoms with Crippen LogP contribution in [-0.2, 0) is 0 Å². The van der Waals surface area contributed by atoms with Crippen LogP contribution in [0.4, 0.5) is 4.39 Å². The van der Waals surface area contributed by atoms with E-state index in [-0.39, 0.29) is 17.1 Å². The van der Waals surface area contributed by atoms with Gasteiger partial charge in [0.2, 0.25) is 0 Å². The van der Waals surface area contributed by atoms with E-state index >= 15 is 0 Å². The first-order valence-electron chi connectivity index (χ1n) is 5.00. The predicted octanol–water partition coefficient (Wildman–Crippen LogP) is 2.70. The summed E-state index contributed by atoms with van der Waals surface area (Å²) in [5.41, 5.74) is 0.543. The largest absolute Gasteiger partial charge is 0.453 e. The minimum absolute atomic E-state index is 0.0301. The van der Waals surface area contributed by atoms with Crippen LogP contribution in [0.25, 0.3) is 0 Å². The lowest BCUT2D eigenvalue weighted by Crippen LogP contribution is -1.91. The molecule has 0 amide bonds. The molecule has 0 aliphatic carbocycles. The first-order chi connectivity index (χ1) is 8.72. The minimum atomic E-state index is -0.651. The molecule has 4 nitrogen and oxygen atoms in total. The number of nitriles is 1. The van der Waals surface area contributed by atoms with Crippen molar-refractivity contribution >= 4 is 6.29 Å². The number of halogens is 1. The van der Waals surface area contributed by atoms with Crippen LogP contribution in [0.3, 0.4) is 0 Å². The van der Waals surface area contributed by atoms with Crippen molar-refractivity contribution in [2.45, 2.75) is 0 Å². The third kappa shape index (κ3) is 2.50. The van der Waals surface area contributed by atoms with Crippen molar-refractivity contribution in [1.29, 1.82) is 5.26 Å². The highest BCUT2D eigenvalue weighted by Gasteiger charge is 2.06. The minimum Gasteiger partial charge on any atom is -0.453 e. The second kappa shape index (κ2) is 5.06. The van der Waals surface area contributed by atoms with Crippen molar-refractivity contribution in [3.05, 3.63) is 53.6 Å². The summed E-state index contributed by atoms with van der Waals surface area (Å²) in [5, 5.41) is 8.69. The molecule has 0 saturated heterocycles. The van der Waals surface area contributed by atoms with Crippen molar-refractivity contribution < 1.29 is 13.9 Å². The van der Waals surface area contributed by atoms with Crippen LogP contribution < -0.4 is 4.74 Å². The molecule has 0 radical (unpaired) electrons. The summed E-state index contributed by atoms with van der Waals surface area (Å²) >= 11 is 0. The topological polar surface area (TPSA) is 63.0 Å². The normalized spacial score (nSPS) is 9.56. The number of pyridine rings is 1. The van der Waals surface area contributed by atoms with E-state index in [1.807, 2.05) is 6.07 Å². The summed E-state index contributed by atoms with van der Waals surface area (Å²) in [5.74, 6) is -0.425. The van der Waals surface area contributed by atoms with Crippen LogP contribution in [0.1, 0.15) is 15.9 Å². The van der Waals surface area contributed by atoms with Crippen molar-refractivity contribution in [3.8, 4) is 17.6 Å². The number of benzene rings is 1. The van der Waals surface area contributed by atoms with Gasteiger partial charge in [-0.15, -0.1) is 0 Å². The van der Waals surface area contributed by atoms with Crippen LogP contribution in [0.5, 0.6) is 11.5 Å². The van der Waals surface area contributed by atoms with Gasteiger partial charge in [0.15, 0.2) is 11.6 Å². The van der Waals surface area contributed by atoms with E-state index in [1.54, 1.807) is 0 Å². The molecule has 0 aliphatic rings. The number of hydrogen-bond donors (Lipinski definition) is 0. The van der Waals surface area contributed by atoms with Crippen LogP contribution in [0.2, 0.25) is 0 Å². The number of rotatable bonds is 3.